The maximum absolute atomic E-state index is 4.49. The summed E-state index contributed by atoms with van der Waals surface area (Å²) in [5.41, 5.74) is 2.39. The van der Waals surface area contributed by atoms with E-state index in [0.29, 0.717) is 6.04 Å². The Balaban J connectivity index is 2.05. The van der Waals surface area contributed by atoms with Gasteiger partial charge in [-0.15, -0.1) is 0 Å². The number of aromatic amines is 1. The Morgan fingerprint density at radius 2 is 2.22 bits per heavy atom. The fraction of sp³-hybridized carbons (Fsp3) is 0.385. The van der Waals surface area contributed by atoms with Gasteiger partial charge < -0.3 is 10.3 Å². The van der Waals surface area contributed by atoms with Crippen LogP contribution < -0.4 is 5.32 Å². The highest BCUT2D eigenvalue weighted by atomic mass is 32.2. The van der Waals surface area contributed by atoms with E-state index in [1.807, 2.05) is 12.4 Å². The summed E-state index contributed by atoms with van der Waals surface area (Å²) >= 11 is 1.56. The second-order valence-corrected chi connectivity index (χ2v) is 5.48. The molecule has 0 aliphatic heterocycles. The van der Waals surface area contributed by atoms with E-state index in [0.717, 1.165) is 16.7 Å². The van der Waals surface area contributed by atoms with Crippen molar-refractivity contribution in [1.82, 2.24) is 20.3 Å². The predicted octanol–water partition coefficient (Wildman–Crippen LogP) is 2.76. The smallest absolute Gasteiger partial charge is 0.171 e. The van der Waals surface area contributed by atoms with Crippen molar-refractivity contribution < 1.29 is 0 Å². The third-order valence-corrected chi connectivity index (χ3v) is 3.51. The number of imidazole rings is 1. The van der Waals surface area contributed by atoms with Gasteiger partial charge in [0.15, 0.2) is 5.16 Å². The lowest BCUT2D eigenvalue weighted by molar-refractivity contribution is 0.587. The van der Waals surface area contributed by atoms with Gasteiger partial charge in [0.1, 0.15) is 5.03 Å². The molecule has 0 radical (unpaired) electrons. The molecule has 0 aromatic carbocycles. The van der Waals surface area contributed by atoms with E-state index in [2.05, 4.69) is 47.1 Å². The molecule has 0 atom stereocenters. The number of nitrogens with zero attached hydrogens (tertiary/aromatic N) is 2. The van der Waals surface area contributed by atoms with E-state index in [-0.39, 0.29) is 0 Å². The molecule has 96 valence electrons. The number of hydrogen-bond donors (Lipinski definition) is 2. The predicted molar refractivity (Wildman–Crippen MR) is 73.7 cm³/mol. The number of aryl methyl sites for hydroxylation is 1. The van der Waals surface area contributed by atoms with Crippen molar-refractivity contribution in [2.75, 3.05) is 0 Å². The van der Waals surface area contributed by atoms with E-state index in [1.165, 1.54) is 11.1 Å². The van der Waals surface area contributed by atoms with Crippen molar-refractivity contribution in [3.63, 3.8) is 0 Å². The molecule has 2 heterocycles. The molecule has 0 amide bonds. The highest BCUT2D eigenvalue weighted by molar-refractivity contribution is 7.99. The van der Waals surface area contributed by atoms with Gasteiger partial charge in [0.05, 0.1) is 0 Å². The summed E-state index contributed by atoms with van der Waals surface area (Å²) in [4.78, 5) is 11.8. The average molecular weight is 262 g/mol. The molecule has 0 unspecified atom stereocenters. The lowest BCUT2D eigenvalue weighted by Gasteiger charge is -2.09. The fourth-order valence-electron chi connectivity index (χ4n) is 1.54. The van der Waals surface area contributed by atoms with Gasteiger partial charge in [-0.3, -0.25) is 0 Å². The average Bonchev–Trinajstić information content (AvgIpc) is 2.82. The van der Waals surface area contributed by atoms with Crippen molar-refractivity contribution >= 4 is 11.8 Å². The van der Waals surface area contributed by atoms with Crippen LogP contribution >= 0.6 is 11.8 Å². The number of rotatable bonds is 5. The van der Waals surface area contributed by atoms with Crippen molar-refractivity contribution in [2.45, 2.75) is 43.5 Å². The first-order chi connectivity index (χ1) is 8.65. The maximum atomic E-state index is 4.49. The molecule has 2 aromatic rings. The Morgan fingerprint density at radius 1 is 1.39 bits per heavy atom. The quantitative estimate of drug-likeness (QED) is 0.870. The summed E-state index contributed by atoms with van der Waals surface area (Å²) < 4.78 is 0. The Labute approximate surface area is 112 Å². The zero-order chi connectivity index (χ0) is 13.0. The molecule has 18 heavy (non-hydrogen) atoms. The first kappa shape index (κ1) is 13.1. The summed E-state index contributed by atoms with van der Waals surface area (Å²) in [5, 5.41) is 5.26. The number of pyridine rings is 1. The monoisotopic (exact) mass is 262 g/mol. The first-order valence-electron chi connectivity index (χ1n) is 6.01. The maximum Gasteiger partial charge on any atom is 0.171 e. The lowest BCUT2D eigenvalue weighted by atomic mass is 10.2. The third kappa shape index (κ3) is 3.58. The number of aromatic nitrogens is 3. The molecule has 4 nitrogen and oxygen atoms in total. The molecule has 0 bridgehead atoms. The molecule has 0 aliphatic rings. The minimum absolute atomic E-state index is 0.488. The molecule has 0 aliphatic carbocycles. The largest absolute Gasteiger partial charge is 0.339 e. The second-order valence-electron chi connectivity index (χ2n) is 4.50. The third-order valence-electron chi connectivity index (χ3n) is 2.47. The van der Waals surface area contributed by atoms with Crippen LogP contribution in [0.4, 0.5) is 0 Å². The van der Waals surface area contributed by atoms with Crippen molar-refractivity contribution in [1.29, 1.82) is 0 Å². The highest BCUT2D eigenvalue weighted by Crippen LogP contribution is 2.25. The Hall–Kier alpha value is -1.33. The Morgan fingerprint density at radius 3 is 2.83 bits per heavy atom. The van der Waals surface area contributed by atoms with Crippen molar-refractivity contribution in [3.8, 4) is 0 Å². The molecule has 2 rings (SSSR count). The minimum atomic E-state index is 0.488. The standard InChI is InChI=1S/C13H18N4S/c1-9(2)16-7-11-6-10(3)12(17-8-11)18-13-14-4-5-15-13/h4-6,8-9,16H,7H2,1-3H3,(H,14,15). The lowest BCUT2D eigenvalue weighted by Crippen LogP contribution is -2.21. The van der Waals surface area contributed by atoms with Crippen molar-refractivity contribution in [3.05, 3.63) is 35.8 Å². The van der Waals surface area contributed by atoms with Crippen LogP contribution in [0.15, 0.2) is 34.8 Å². The van der Waals surface area contributed by atoms with Crippen LogP contribution in [0.2, 0.25) is 0 Å². The zero-order valence-corrected chi connectivity index (χ0v) is 11.7. The summed E-state index contributed by atoms with van der Waals surface area (Å²) in [6.07, 6.45) is 5.49. The van der Waals surface area contributed by atoms with E-state index < -0.39 is 0 Å². The number of H-pyrrole nitrogens is 1. The summed E-state index contributed by atoms with van der Waals surface area (Å²) in [7, 11) is 0. The topological polar surface area (TPSA) is 53.6 Å². The van der Waals surface area contributed by atoms with Crippen molar-refractivity contribution in [2.24, 2.45) is 0 Å². The highest BCUT2D eigenvalue weighted by Gasteiger charge is 2.06. The Bertz CT molecular complexity index is 494. The molecular formula is C13H18N4S. The molecule has 2 N–H and O–H groups in total. The van der Waals surface area contributed by atoms with Crippen LogP contribution in [0.1, 0.15) is 25.0 Å². The molecule has 2 aromatic heterocycles. The Kier molecular flexibility index (Phi) is 4.38. The molecule has 0 saturated heterocycles. The van der Waals surface area contributed by atoms with Crippen LogP contribution in [0.3, 0.4) is 0 Å². The van der Waals surface area contributed by atoms with Gasteiger partial charge in [0, 0.05) is 31.2 Å². The number of nitrogens with one attached hydrogen (secondary N) is 2. The zero-order valence-electron chi connectivity index (χ0n) is 10.9. The summed E-state index contributed by atoms with van der Waals surface area (Å²) in [6, 6.07) is 2.66. The molecule has 0 saturated carbocycles. The van der Waals surface area contributed by atoms with Gasteiger partial charge in [-0.25, -0.2) is 9.97 Å². The second kappa shape index (κ2) is 6.02. The van der Waals surface area contributed by atoms with Gasteiger partial charge in [-0.05, 0) is 29.8 Å². The van der Waals surface area contributed by atoms with E-state index in [4.69, 9.17) is 0 Å². The SMILES string of the molecule is Cc1cc(CNC(C)C)cnc1Sc1ncc[nH]1. The fourth-order valence-corrected chi connectivity index (χ4v) is 2.29. The summed E-state index contributed by atoms with van der Waals surface area (Å²) in [5.74, 6) is 0. The van der Waals surface area contributed by atoms with Gasteiger partial charge in [-0.1, -0.05) is 19.9 Å². The van der Waals surface area contributed by atoms with Crippen LogP contribution in [0.5, 0.6) is 0 Å². The van der Waals surface area contributed by atoms with Crippen LogP contribution in [0, 0.1) is 6.92 Å². The van der Waals surface area contributed by atoms with Crippen LogP contribution in [-0.2, 0) is 6.54 Å². The minimum Gasteiger partial charge on any atom is -0.339 e. The normalized spacial score (nSPS) is 11.1. The molecule has 0 spiro atoms. The molecular weight excluding hydrogens is 244 g/mol. The van der Waals surface area contributed by atoms with E-state index in [1.54, 1.807) is 18.0 Å². The number of hydrogen-bond acceptors (Lipinski definition) is 4. The van der Waals surface area contributed by atoms with Gasteiger partial charge >= 0.3 is 0 Å². The van der Waals surface area contributed by atoms with Gasteiger partial charge in [-0.2, -0.15) is 0 Å². The summed E-state index contributed by atoms with van der Waals surface area (Å²) in [6.45, 7) is 7.22. The molecule has 0 fully saturated rings. The first-order valence-corrected chi connectivity index (χ1v) is 6.83. The van der Waals surface area contributed by atoms with Gasteiger partial charge in [0.25, 0.3) is 0 Å². The molecule has 5 heteroatoms. The van der Waals surface area contributed by atoms with Gasteiger partial charge in [0.2, 0.25) is 0 Å². The van der Waals surface area contributed by atoms with Crippen LogP contribution in [0.25, 0.3) is 0 Å². The van der Waals surface area contributed by atoms with E-state index in [9.17, 15) is 0 Å². The van der Waals surface area contributed by atoms with Crippen LogP contribution in [-0.4, -0.2) is 21.0 Å². The van der Waals surface area contributed by atoms with E-state index >= 15 is 0 Å².